The second-order valence-electron chi connectivity index (χ2n) is 23.6. The second kappa shape index (κ2) is 23.2. The average Bonchev–Trinajstić information content (AvgIpc) is 3.79. The maximum absolute atomic E-state index is 13.6. The topological polar surface area (TPSA) is 235 Å². The van der Waals surface area contributed by atoms with Gasteiger partial charge in [0, 0.05) is 66.1 Å². The third-order valence-electron chi connectivity index (χ3n) is 19.6. The van der Waals surface area contributed by atoms with Crippen molar-refractivity contribution in [3.8, 4) is 0 Å². The van der Waals surface area contributed by atoms with Crippen molar-refractivity contribution in [2.45, 2.75) is 247 Å². The molecule has 0 amide bonds. The summed E-state index contributed by atoms with van der Waals surface area (Å²) < 4.78 is 81.6. The zero-order valence-corrected chi connectivity index (χ0v) is 46.8. The van der Waals surface area contributed by atoms with Crippen molar-refractivity contribution in [1.29, 1.82) is 0 Å². The number of ketones is 1. The van der Waals surface area contributed by atoms with Crippen molar-refractivity contribution in [3.63, 3.8) is 0 Å². The van der Waals surface area contributed by atoms with E-state index in [0.29, 0.717) is 44.9 Å². The van der Waals surface area contributed by atoms with Crippen molar-refractivity contribution < 1.29 is 91.6 Å². The summed E-state index contributed by atoms with van der Waals surface area (Å²) in [6.07, 6.45) is -1.19. The average molecular weight is 1090 g/mol. The zero-order valence-electron chi connectivity index (χ0n) is 46.8. The molecule has 1 aromatic carbocycles. The van der Waals surface area contributed by atoms with Crippen LogP contribution in [-0.2, 0) is 71.2 Å². The number of aliphatic hydroxyl groups excluding tert-OH is 1. The van der Waals surface area contributed by atoms with Gasteiger partial charge >= 0.3 is 5.97 Å². The summed E-state index contributed by atoms with van der Waals surface area (Å²) in [5.41, 5.74) is -6.24. The molecule has 19 heteroatoms. The van der Waals surface area contributed by atoms with E-state index >= 15 is 0 Å². The molecule has 19 nitrogen and oxygen atoms in total. The molecule has 9 rings (SSSR count). The van der Waals surface area contributed by atoms with Gasteiger partial charge < -0.3 is 82.0 Å². The van der Waals surface area contributed by atoms with E-state index in [1.165, 1.54) is 13.0 Å². The highest BCUT2D eigenvalue weighted by Gasteiger charge is 2.81. The molecule has 4 N–H and O–H groups in total. The van der Waals surface area contributed by atoms with E-state index in [0.717, 1.165) is 11.1 Å². The zero-order chi connectivity index (χ0) is 55.4. The lowest BCUT2D eigenvalue weighted by Gasteiger charge is -2.67. The highest BCUT2D eigenvalue weighted by molar-refractivity contribution is 5.88. The standard InChI is InChI=1S/C58H86O19/c1-31-50(61)39(65-8)26-47(69-31)75-52-33(3)71-49(28-41(52)67-10)77-53-34(4)72-48(29-42(53)68-11)76-51-32(2)70-46(27-40(51)66-9)73-38-20-21-54(6)37(25-38)19-22-57(63)43(54)30-44(74-45(60)18-17-36-15-13-12-14-16-36)55(7)56(62,35(5)59)23-24-58(55,57)64/h12-19,31-34,38-44,46-53,61-64H,20-30H2,1-11H3/b18-17+/t31-,32+,33+,34-,38-,39+,40-,41-,42-,43+,44+,46-,47-,48-,49-,50-,51+,52+,53+,54-,55+,56-,57-,58+/m0/s1. The summed E-state index contributed by atoms with van der Waals surface area (Å²) in [6.45, 7) is 12.5. The minimum Gasteiger partial charge on any atom is -0.458 e. The van der Waals surface area contributed by atoms with Gasteiger partial charge in [-0.05, 0) is 104 Å². The number of Topliss-reactive ketones (excluding diaryl/α,β-unsaturated/α-hetero) is 1. The molecule has 4 aliphatic heterocycles. The van der Waals surface area contributed by atoms with Crippen molar-refractivity contribution in [2.75, 3.05) is 28.4 Å². The Bertz CT molecular complexity index is 2270. The van der Waals surface area contributed by atoms with Crippen LogP contribution in [0.15, 0.2) is 48.1 Å². The van der Waals surface area contributed by atoms with Gasteiger partial charge in [0.1, 0.15) is 47.3 Å². The summed E-state index contributed by atoms with van der Waals surface area (Å²) in [6, 6.07) is 9.30. The number of aliphatic hydroxyl groups is 4. The lowest BCUT2D eigenvalue weighted by Crippen LogP contribution is -2.78. The number of rotatable bonds is 16. The Morgan fingerprint density at radius 3 is 1.65 bits per heavy atom. The Morgan fingerprint density at radius 2 is 1.14 bits per heavy atom. The van der Waals surface area contributed by atoms with Gasteiger partial charge in [0.05, 0.1) is 60.4 Å². The highest BCUT2D eigenvalue weighted by atomic mass is 16.8. The van der Waals surface area contributed by atoms with Crippen molar-refractivity contribution in [1.82, 2.24) is 0 Å². The smallest absolute Gasteiger partial charge is 0.331 e. The molecule has 1 aromatic rings. The normalized spacial score (nSPS) is 48.1. The van der Waals surface area contributed by atoms with Gasteiger partial charge in [-0.25, -0.2) is 4.79 Å². The fourth-order valence-corrected chi connectivity index (χ4v) is 15.0. The molecule has 4 aliphatic carbocycles. The molecule has 0 spiro atoms. The van der Waals surface area contributed by atoms with Crippen LogP contribution in [0, 0.1) is 16.7 Å². The van der Waals surface area contributed by atoms with Crippen LogP contribution in [0.2, 0.25) is 0 Å². The van der Waals surface area contributed by atoms with Crippen LogP contribution in [0.5, 0.6) is 0 Å². The third kappa shape index (κ3) is 10.7. The Hall–Kier alpha value is -2.80. The van der Waals surface area contributed by atoms with Gasteiger partial charge in [0.15, 0.2) is 30.9 Å². The van der Waals surface area contributed by atoms with Gasteiger partial charge in [-0.1, -0.05) is 48.9 Å². The van der Waals surface area contributed by atoms with Crippen LogP contribution in [0.3, 0.4) is 0 Å². The van der Waals surface area contributed by atoms with Crippen molar-refractivity contribution in [2.24, 2.45) is 16.7 Å². The number of ether oxygens (including phenoxy) is 13. The molecule has 4 saturated heterocycles. The molecular formula is C58H86O19. The fourth-order valence-electron chi connectivity index (χ4n) is 15.0. The predicted octanol–water partition coefficient (Wildman–Crippen LogP) is 5.24. The van der Waals surface area contributed by atoms with Crippen LogP contribution in [-0.4, -0.2) is 188 Å². The Morgan fingerprint density at radius 1 is 0.649 bits per heavy atom. The summed E-state index contributed by atoms with van der Waals surface area (Å²) in [5, 5.41) is 48.6. The lowest BCUT2D eigenvalue weighted by molar-refractivity contribution is -0.347. The number of carbonyl (C=O) groups is 2. The number of esters is 1. The summed E-state index contributed by atoms with van der Waals surface area (Å²) in [7, 11) is 6.48. The first kappa shape index (κ1) is 58.8. The number of hydrogen-bond donors (Lipinski definition) is 4. The van der Waals surface area contributed by atoms with Crippen LogP contribution in [0.25, 0.3) is 6.08 Å². The minimum absolute atomic E-state index is 0.0493. The van der Waals surface area contributed by atoms with Crippen LogP contribution >= 0.6 is 0 Å². The van der Waals surface area contributed by atoms with Crippen molar-refractivity contribution in [3.05, 3.63) is 53.6 Å². The maximum atomic E-state index is 13.6. The Labute approximate surface area is 453 Å². The first-order valence-electron chi connectivity index (χ1n) is 27.9. The summed E-state index contributed by atoms with van der Waals surface area (Å²) >= 11 is 0. The molecule has 4 heterocycles. The van der Waals surface area contributed by atoms with E-state index in [2.05, 4.69) is 6.92 Å². The van der Waals surface area contributed by atoms with Crippen LogP contribution < -0.4 is 0 Å². The highest BCUT2D eigenvalue weighted by Crippen LogP contribution is 2.71. The first-order valence-corrected chi connectivity index (χ1v) is 27.9. The first-order chi connectivity index (χ1) is 36.6. The van der Waals surface area contributed by atoms with E-state index in [-0.39, 0.29) is 37.9 Å². The fraction of sp³-hybridized carbons (Fsp3) is 0.793. The van der Waals surface area contributed by atoms with Gasteiger partial charge in [-0.15, -0.1) is 0 Å². The number of benzene rings is 1. The Kier molecular flexibility index (Phi) is 17.7. The van der Waals surface area contributed by atoms with E-state index in [4.69, 9.17) is 61.6 Å². The molecular weight excluding hydrogens is 1000 g/mol. The number of hydrogen-bond acceptors (Lipinski definition) is 19. The number of methoxy groups -OCH3 is 4. The van der Waals surface area contributed by atoms with Crippen LogP contribution in [0.4, 0.5) is 0 Å². The third-order valence-corrected chi connectivity index (χ3v) is 19.6. The second-order valence-corrected chi connectivity index (χ2v) is 23.6. The summed E-state index contributed by atoms with van der Waals surface area (Å²) in [4.78, 5) is 27.0. The van der Waals surface area contributed by atoms with E-state index in [9.17, 15) is 30.0 Å². The summed E-state index contributed by atoms with van der Waals surface area (Å²) in [5.74, 6) is -1.80. The van der Waals surface area contributed by atoms with Gasteiger partial charge in [-0.2, -0.15) is 0 Å². The molecule has 0 unspecified atom stereocenters. The molecule has 3 saturated carbocycles. The van der Waals surface area contributed by atoms with Gasteiger partial charge in [0.2, 0.25) is 0 Å². The van der Waals surface area contributed by atoms with E-state index in [1.807, 2.05) is 57.2 Å². The molecule has 8 aliphatic rings. The number of fused-ring (bicyclic) bond motifs is 5. The van der Waals surface area contributed by atoms with Gasteiger partial charge in [0.25, 0.3) is 0 Å². The maximum Gasteiger partial charge on any atom is 0.331 e. The quantitative estimate of drug-likeness (QED) is 0.0942. The van der Waals surface area contributed by atoms with Gasteiger partial charge in [-0.3, -0.25) is 4.79 Å². The largest absolute Gasteiger partial charge is 0.458 e. The van der Waals surface area contributed by atoms with E-state index < -0.39 is 144 Å². The molecule has 0 radical (unpaired) electrons. The monoisotopic (exact) mass is 1090 g/mol. The molecule has 7 fully saturated rings. The Balaban J connectivity index is 0.809. The van der Waals surface area contributed by atoms with Crippen LogP contribution in [0.1, 0.15) is 125 Å². The molecule has 432 valence electrons. The van der Waals surface area contributed by atoms with E-state index in [1.54, 1.807) is 48.4 Å². The number of carbonyl (C=O) groups excluding carboxylic acids is 2. The lowest BCUT2D eigenvalue weighted by atomic mass is 9.42. The molecule has 24 atom stereocenters. The predicted molar refractivity (Wildman–Crippen MR) is 275 cm³/mol. The SMILES string of the molecule is CO[C@H]1C[C@H](O[C@H]2[C@@H](OC)C[C@H](O[C@H]3CC[C@@]4(C)C(=CC[C@]5(O)[C@@H]4C[C@@H](OC(=O)/C=C/c4ccccc4)[C@@]4(C)[C@]5(O)CC[C@]4(O)C(C)=O)C3)O[C@@H]2C)O[C@@H](C)[C@H]1O[C@H]1C[C@H](OC)[C@H](O[C@H]2C[C@@H](OC)[C@@H](O)[C@H](C)O2)[C@@H](C)O1. The molecule has 0 bridgehead atoms. The minimum atomic E-state index is -2.05. The molecule has 0 aromatic heterocycles. The van der Waals surface area contributed by atoms with Crippen molar-refractivity contribution >= 4 is 17.8 Å². The molecule has 77 heavy (non-hydrogen) atoms.